The Bertz CT molecular complexity index is 1220. The fourth-order valence-electron chi connectivity index (χ4n) is 2.98. The number of anilines is 1. The van der Waals surface area contributed by atoms with E-state index in [0.29, 0.717) is 51.2 Å². The molecule has 34 heavy (non-hydrogen) atoms. The van der Waals surface area contributed by atoms with Gasteiger partial charge < -0.3 is 19.5 Å². The van der Waals surface area contributed by atoms with Crippen molar-refractivity contribution in [3.8, 4) is 23.3 Å². The van der Waals surface area contributed by atoms with Gasteiger partial charge >= 0.3 is 0 Å². The number of carbonyl (C=O) groups excluding carboxylic acids is 1. The highest BCUT2D eigenvalue weighted by Gasteiger charge is 2.14. The van der Waals surface area contributed by atoms with Crippen LogP contribution in [0.2, 0.25) is 5.02 Å². The Balaban J connectivity index is 1.77. The summed E-state index contributed by atoms with van der Waals surface area (Å²) in [6.45, 7) is 2.77. The van der Waals surface area contributed by atoms with Gasteiger partial charge in [0.2, 0.25) is 0 Å². The molecule has 1 amide bonds. The summed E-state index contributed by atoms with van der Waals surface area (Å²) < 4.78 is 17.4. The summed E-state index contributed by atoms with van der Waals surface area (Å²) in [6, 6.07) is 19.7. The number of amides is 1. The van der Waals surface area contributed by atoms with Crippen molar-refractivity contribution in [2.75, 3.05) is 19.0 Å². The van der Waals surface area contributed by atoms with Crippen LogP contribution in [0.15, 0.2) is 70.7 Å². The molecule has 3 aromatic carbocycles. The first-order valence-corrected chi connectivity index (χ1v) is 11.5. The maximum atomic E-state index is 12.7. The van der Waals surface area contributed by atoms with Crippen molar-refractivity contribution in [2.24, 2.45) is 0 Å². The van der Waals surface area contributed by atoms with Crippen LogP contribution >= 0.6 is 27.5 Å². The molecule has 0 heterocycles. The fourth-order valence-corrected chi connectivity index (χ4v) is 3.54. The number of hydrogen-bond acceptors (Lipinski definition) is 5. The van der Waals surface area contributed by atoms with Gasteiger partial charge in [-0.05, 0) is 72.7 Å². The molecule has 0 aliphatic heterocycles. The second-order valence-electron chi connectivity index (χ2n) is 7.02. The maximum Gasteiger partial charge on any atom is 0.266 e. The number of methoxy groups -OCH3 is 1. The summed E-state index contributed by atoms with van der Waals surface area (Å²) in [6.07, 6.45) is 1.49. The third-order valence-electron chi connectivity index (χ3n) is 4.68. The highest BCUT2D eigenvalue weighted by molar-refractivity contribution is 9.10. The number of hydrogen-bond donors (Lipinski definition) is 1. The second-order valence-corrected chi connectivity index (χ2v) is 8.31. The molecule has 0 atom stereocenters. The first-order valence-electron chi connectivity index (χ1n) is 10.3. The number of ether oxygens (including phenoxy) is 3. The van der Waals surface area contributed by atoms with Crippen LogP contribution in [0.1, 0.15) is 18.1 Å². The van der Waals surface area contributed by atoms with Gasteiger partial charge in [-0.25, -0.2) is 0 Å². The van der Waals surface area contributed by atoms with Crippen molar-refractivity contribution in [1.29, 1.82) is 5.26 Å². The number of nitrogens with zero attached hydrogens (tertiary/aromatic N) is 1. The Hall–Kier alpha value is -3.47. The number of nitriles is 1. The molecule has 0 radical (unpaired) electrons. The summed E-state index contributed by atoms with van der Waals surface area (Å²) >= 11 is 9.41. The van der Waals surface area contributed by atoms with E-state index in [9.17, 15) is 10.1 Å². The minimum Gasteiger partial charge on any atom is -0.494 e. The SMILES string of the molecule is CCOc1ccc(NC(=O)/C(C#N)=C\c2cc(OC)c(OCc3ccc(Cl)cc3)cc2Br)cc1. The second kappa shape index (κ2) is 12.1. The van der Waals surface area contributed by atoms with Gasteiger partial charge in [0.15, 0.2) is 11.5 Å². The summed E-state index contributed by atoms with van der Waals surface area (Å²) in [4.78, 5) is 12.7. The standard InChI is InChI=1S/C26H22BrClN2O4/c1-3-33-22-10-8-21(9-11-22)30-26(31)19(15-29)12-18-13-24(32-2)25(14-23(18)27)34-16-17-4-6-20(28)7-5-17/h4-14H,3,16H2,1-2H3,(H,30,31)/b19-12-. The molecule has 8 heteroatoms. The lowest BCUT2D eigenvalue weighted by atomic mass is 10.1. The minimum absolute atomic E-state index is 0.0635. The van der Waals surface area contributed by atoms with Gasteiger partial charge in [-0.2, -0.15) is 5.26 Å². The van der Waals surface area contributed by atoms with Crippen molar-refractivity contribution in [3.05, 3.63) is 86.9 Å². The topological polar surface area (TPSA) is 80.6 Å². The summed E-state index contributed by atoms with van der Waals surface area (Å²) in [5.41, 5.74) is 2.03. The Morgan fingerprint density at radius 2 is 1.79 bits per heavy atom. The zero-order chi connectivity index (χ0) is 24.5. The van der Waals surface area contributed by atoms with Crippen molar-refractivity contribution in [3.63, 3.8) is 0 Å². The predicted octanol–water partition coefficient (Wildman–Crippen LogP) is 6.63. The van der Waals surface area contributed by atoms with Gasteiger partial charge in [0.05, 0.1) is 13.7 Å². The molecule has 0 bridgehead atoms. The molecule has 0 aliphatic rings. The first-order chi connectivity index (χ1) is 16.4. The van der Waals surface area contributed by atoms with Gasteiger partial charge in [-0.15, -0.1) is 0 Å². The molecule has 0 aromatic heterocycles. The zero-order valence-electron chi connectivity index (χ0n) is 18.6. The average molecular weight is 542 g/mol. The van der Waals surface area contributed by atoms with E-state index in [1.165, 1.54) is 13.2 Å². The van der Waals surface area contributed by atoms with E-state index < -0.39 is 5.91 Å². The van der Waals surface area contributed by atoms with Crippen LogP contribution in [-0.4, -0.2) is 19.6 Å². The molecule has 174 valence electrons. The zero-order valence-corrected chi connectivity index (χ0v) is 20.9. The number of benzene rings is 3. The van der Waals surface area contributed by atoms with Crippen molar-refractivity contribution >= 4 is 45.2 Å². The molecule has 0 spiro atoms. The molecule has 0 fully saturated rings. The lowest BCUT2D eigenvalue weighted by Crippen LogP contribution is -2.13. The number of carbonyl (C=O) groups is 1. The summed E-state index contributed by atoms with van der Waals surface area (Å²) in [7, 11) is 1.52. The molecule has 3 aromatic rings. The van der Waals surface area contributed by atoms with E-state index in [1.807, 2.05) is 25.1 Å². The molecular formula is C26H22BrClN2O4. The van der Waals surface area contributed by atoms with E-state index >= 15 is 0 Å². The first kappa shape index (κ1) is 25.2. The summed E-state index contributed by atoms with van der Waals surface area (Å²) in [5.74, 6) is 1.15. The Kier molecular flexibility index (Phi) is 8.97. The van der Waals surface area contributed by atoms with E-state index in [4.69, 9.17) is 25.8 Å². The lowest BCUT2D eigenvalue weighted by molar-refractivity contribution is -0.112. The van der Waals surface area contributed by atoms with Crippen LogP contribution in [-0.2, 0) is 11.4 Å². The normalized spacial score (nSPS) is 10.9. The maximum absolute atomic E-state index is 12.7. The van der Waals surface area contributed by atoms with E-state index in [1.54, 1.807) is 48.5 Å². The Labute approximate surface area is 211 Å². The fraction of sp³-hybridized carbons (Fsp3) is 0.154. The van der Waals surface area contributed by atoms with Crippen LogP contribution < -0.4 is 19.5 Å². The largest absolute Gasteiger partial charge is 0.494 e. The van der Waals surface area contributed by atoms with Crippen LogP contribution in [0.5, 0.6) is 17.2 Å². The van der Waals surface area contributed by atoms with Gasteiger partial charge in [0, 0.05) is 15.2 Å². The molecule has 6 nitrogen and oxygen atoms in total. The molecule has 0 unspecified atom stereocenters. The van der Waals surface area contributed by atoms with Gasteiger partial charge in [-0.1, -0.05) is 39.7 Å². The third kappa shape index (κ3) is 6.77. The minimum atomic E-state index is -0.527. The van der Waals surface area contributed by atoms with Crippen LogP contribution in [0.25, 0.3) is 6.08 Å². The van der Waals surface area contributed by atoms with Crippen LogP contribution in [0, 0.1) is 11.3 Å². The molecule has 3 rings (SSSR count). The Morgan fingerprint density at radius 3 is 2.41 bits per heavy atom. The quantitative estimate of drug-likeness (QED) is 0.243. The highest BCUT2D eigenvalue weighted by atomic mass is 79.9. The molecule has 0 aliphatic carbocycles. The van der Waals surface area contributed by atoms with Gasteiger partial charge in [-0.3, -0.25) is 4.79 Å². The molecule has 1 N–H and O–H groups in total. The van der Waals surface area contributed by atoms with Crippen LogP contribution in [0.4, 0.5) is 5.69 Å². The van der Waals surface area contributed by atoms with Crippen molar-refractivity contribution < 1.29 is 19.0 Å². The van der Waals surface area contributed by atoms with Gasteiger partial charge in [0.25, 0.3) is 5.91 Å². The summed E-state index contributed by atoms with van der Waals surface area (Å²) in [5, 5.41) is 12.9. The Morgan fingerprint density at radius 1 is 1.09 bits per heavy atom. The van der Waals surface area contributed by atoms with Crippen molar-refractivity contribution in [1.82, 2.24) is 0 Å². The highest BCUT2D eigenvalue weighted by Crippen LogP contribution is 2.35. The smallest absolute Gasteiger partial charge is 0.266 e. The number of rotatable bonds is 9. The van der Waals surface area contributed by atoms with Crippen molar-refractivity contribution in [2.45, 2.75) is 13.5 Å². The van der Waals surface area contributed by atoms with Gasteiger partial charge in [0.1, 0.15) is 24.0 Å². The predicted molar refractivity (Wildman–Crippen MR) is 136 cm³/mol. The molecule has 0 saturated heterocycles. The molecular weight excluding hydrogens is 520 g/mol. The molecule has 0 saturated carbocycles. The third-order valence-corrected chi connectivity index (χ3v) is 5.62. The number of nitrogens with one attached hydrogen (secondary N) is 1. The van der Waals surface area contributed by atoms with E-state index in [-0.39, 0.29) is 5.57 Å². The van der Waals surface area contributed by atoms with Crippen LogP contribution in [0.3, 0.4) is 0 Å². The monoisotopic (exact) mass is 540 g/mol. The average Bonchev–Trinajstić information content (AvgIpc) is 2.84. The lowest BCUT2D eigenvalue weighted by Gasteiger charge is -2.13. The van der Waals surface area contributed by atoms with E-state index in [2.05, 4.69) is 21.2 Å². The number of halogens is 2. The van der Waals surface area contributed by atoms with E-state index in [0.717, 1.165) is 5.56 Å².